The molecule has 1 aromatic heterocycles. The van der Waals surface area contributed by atoms with Crippen LogP contribution >= 0.6 is 0 Å². The lowest BCUT2D eigenvalue weighted by Gasteiger charge is -2.35. The molecule has 5 heteroatoms. The highest BCUT2D eigenvalue weighted by Crippen LogP contribution is 2.27. The second kappa shape index (κ2) is 5.95. The molecule has 1 unspecified atom stereocenters. The van der Waals surface area contributed by atoms with Gasteiger partial charge >= 0.3 is 0 Å². The zero-order valence-electron chi connectivity index (χ0n) is 12.1. The van der Waals surface area contributed by atoms with E-state index < -0.39 is 0 Å². The van der Waals surface area contributed by atoms with Crippen molar-refractivity contribution in [2.24, 2.45) is 5.92 Å². The smallest absolute Gasteiger partial charge is 0.225 e. The highest BCUT2D eigenvalue weighted by atomic mass is 16.5. The average molecular weight is 277 g/mol. The number of aromatic amines is 1. The number of nitrogens with one attached hydrogen (secondary N) is 1. The molecule has 2 fully saturated rings. The number of carbonyl (C=O) groups is 1. The van der Waals surface area contributed by atoms with Crippen LogP contribution in [0.2, 0.25) is 0 Å². The van der Waals surface area contributed by atoms with Crippen molar-refractivity contribution in [3.05, 3.63) is 17.7 Å². The largest absolute Gasteiger partial charge is 0.381 e. The molecule has 1 aromatic rings. The standard InChI is InChI=1S/C15H23N3O2/c1-11-9-16-14(17-11)13-3-2-6-18(10-13)15(19)12-4-7-20-8-5-12/h9,12-13H,2-8,10H2,1H3,(H,16,17). The molecule has 110 valence electrons. The maximum absolute atomic E-state index is 12.6. The molecule has 0 saturated carbocycles. The van der Waals surface area contributed by atoms with Gasteiger partial charge in [0.2, 0.25) is 5.91 Å². The first-order chi connectivity index (χ1) is 9.74. The molecule has 5 nitrogen and oxygen atoms in total. The van der Waals surface area contributed by atoms with Gasteiger partial charge in [-0.05, 0) is 32.6 Å². The van der Waals surface area contributed by atoms with Gasteiger partial charge in [-0.3, -0.25) is 4.79 Å². The van der Waals surface area contributed by atoms with Crippen LogP contribution in [0.3, 0.4) is 0 Å². The lowest BCUT2D eigenvalue weighted by molar-refractivity contribution is -0.139. The monoisotopic (exact) mass is 277 g/mol. The van der Waals surface area contributed by atoms with Crippen LogP contribution < -0.4 is 0 Å². The first-order valence-corrected chi connectivity index (χ1v) is 7.62. The van der Waals surface area contributed by atoms with Crippen LogP contribution in [-0.4, -0.2) is 47.1 Å². The average Bonchev–Trinajstić information content (AvgIpc) is 2.94. The normalized spacial score (nSPS) is 24.9. The van der Waals surface area contributed by atoms with E-state index in [2.05, 4.69) is 9.97 Å². The Hall–Kier alpha value is -1.36. The van der Waals surface area contributed by atoms with Crippen LogP contribution in [0.15, 0.2) is 6.20 Å². The molecule has 0 aromatic carbocycles. The molecule has 2 saturated heterocycles. The number of likely N-dealkylation sites (tertiary alicyclic amines) is 1. The molecule has 2 aliphatic rings. The minimum atomic E-state index is 0.167. The van der Waals surface area contributed by atoms with Crippen LogP contribution in [0.1, 0.15) is 43.1 Å². The molecule has 1 atom stereocenters. The van der Waals surface area contributed by atoms with E-state index in [-0.39, 0.29) is 5.92 Å². The molecule has 3 heterocycles. The highest BCUT2D eigenvalue weighted by Gasteiger charge is 2.31. The predicted molar refractivity (Wildman–Crippen MR) is 75.4 cm³/mol. The van der Waals surface area contributed by atoms with Gasteiger partial charge in [-0.1, -0.05) is 0 Å². The molecular formula is C15H23N3O2. The summed E-state index contributed by atoms with van der Waals surface area (Å²) in [6.45, 7) is 5.18. The van der Waals surface area contributed by atoms with Crippen molar-refractivity contribution in [1.29, 1.82) is 0 Å². The van der Waals surface area contributed by atoms with Crippen LogP contribution in [0.25, 0.3) is 0 Å². The van der Waals surface area contributed by atoms with E-state index in [0.29, 0.717) is 11.8 Å². The van der Waals surface area contributed by atoms with E-state index in [1.165, 1.54) is 0 Å². The molecule has 1 amide bonds. The lowest BCUT2D eigenvalue weighted by atomic mass is 9.93. The van der Waals surface area contributed by atoms with Crippen LogP contribution in [0.5, 0.6) is 0 Å². The van der Waals surface area contributed by atoms with E-state index in [1.807, 2.05) is 18.0 Å². The number of hydrogen-bond donors (Lipinski definition) is 1. The number of nitrogens with zero attached hydrogens (tertiary/aromatic N) is 2. The molecular weight excluding hydrogens is 254 g/mol. The number of amides is 1. The predicted octanol–water partition coefficient (Wildman–Crippen LogP) is 1.85. The van der Waals surface area contributed by atoms with Gasteiger partial charge in [0.1, 0.15) is 5.82 Å². The summed E-state index contributed by atoms with van der Waals surface area (Å²) in [5, 5.41) is 0. The number of imidazole rings is 1. The van der Waals surface area contributed by atoms with Crippen molar-refractivity contribution >= 4 is 5.91 Å². The Morgan fingerprint density at radius 2 is 2.20 bits per heavy atom. The minimum absolute atomic E-state index is 0.167. The minimum Gasteiger partial charge on any atom is -0.381 e. The summed E-state index contributed by atoms with van der Waals surface area (Å²) in [6, 6.07) is 0. The summed E-state index contributed by atoms with van der Waals surface area (Å²) < 4.78 is 5.34. The maximum Gasteiger partial charge on any atom is 0.225 e. The Balaban J connectivity index is 1.63. The molecule has 0 bridgehead atoms. The molecule has 3 rings (SSSR count). The van der Waals surface area contributed by atoms with E-state index >= 15 is 0 Å². The Labute approximate surface area is 119 Å². The summed E-state index contributed by atoms with van der Waals surface area (Å²) >= 11 is 0. The van der Waals surface area contributed by atoms with Crippen molar-refractivity contribution < 1.29 is 9.53 Å². The van der Waals surface area contributed by atoms with E-state index in [4.69, 9.17) is 4.74 Å². The molecule has 0 aliphatic carbocycles. The van der Waals surface area contributed by atoms with Gasteiger partial charge in [0, 0.05) is 50.0 Å². The fourth-order valence-electron chi connectivity index (χ4n) is 3.24. The Morgan fingerprint density at radius 1 is 1.40 bits per heavy atom. The van der Waals surface area contributed by atoms with Gasteiger partial charge < -0.3 is 14.6 Å². The summed E-state index contributed by atoms with van der Waals surface area (Å²) in [7, 11) is 0. The summed E-state index contributed by atoms with van der Waals surface area (Å²) in [4.78, 5) is 22.4. The Morgan fingerprint density at radius 3 is 2.90 bits per heavy atom. The third kappa shape index (κ3) is 2.87. The molecule has 1 N–H and O–H groups in total. The third-order valence-electron chi connectivity index (χ3n) is 4.41. The maximum atomic E-state index is 12.6. The van der Waals surface area contributed by atoms with Gasteiger partial charge in [0.05, 0.1) is 0 Å². The highest BCUT2D eigenvalue weighted by molar-refractivity contribution is 5.79. The first kappa shape index (κ1) is 13.6. The molecule has 0 radical (unpaired) electrons. The van der Waals surface area contributed by atoms with Gasteiger partial charge in [0.15, 0.2) is 0 Å². The van der Waals surface area contributed by atoms with Crippen molar-refractivity contribution in [1.82, 2.24) is 14.9 Å². The van der Waals surface area contributed by atoms with Crippen LogP contribution in [0.4, 0.5) is 0 Å². The topological polar surface area (TPSA) is 58.2 Å². The molecule has 2 aliphatic heterocycles. The Bertz CT molecular complexity index is 465. The number of hydrogen-bond acceptors (Lipinski definition) is 3. The van der Waals surface area contributed by atoms with Crippen molar-refractivity contribution in [3.8, 4) is 0 Å². The van der Waals surface area contributed by atoms with Crippen molar-refractivity contribution in [3.63, 3.8) is 0 Å². The van der Waals surface area contributed by atoms with Gasteiger partial charge in [0.25, 0.3) is 0 Å². The number of aryl methyl sites for hydroxylation is 1. The SMILES string of the molecule is Cc1cnc(C2CCCN(C(=O)C3CCOCC3)C2)[nH]1. The van der Waals surface area contributed by atoms with Gasteiger partial charge in [-0.15, -0.1) is 0 Å². The fourth-order valence-corrected chi connectivity index (χ4v) is 3.24. The van der Waals surface area contributed by atoms with Gasteiger partial charge in [-0.25, -0.2) is 4.98 Å². The molecule has 0 spiro atoms. The molecule has 20 heavy (non-hydrogen) atoms. The first-order valence-electron chi connectivity index (χ1n) is 7.62. The number of aromatic nitrogens is 2. The second-order valence-corrected chi connectivity index (χ2v) is 5.96. The van der Waals surface area contributed by atoms with Crippen molar-refractivity contribution in [2.75, 3.05) is 26.3 Å². The zero-order valence-corrected chi connectivity index (χ0v) is 12.1. The van der Waals surface area contributed by atoms with Crippen molar-refractivity contribution in [2.45, 2.75) is 38.5 Å². The van der Waals surface area contributed by atoms with Gasteiger partial charge in [-0.2, -0.15) is 0 Å². The van der Waals surface area contributed by atoms with Crippen LogP contribution in [0, 0.1) is 12.8 Å². The Kier molecular flexibility index (Phi) is 4.05. The van der Waals surface area contributed by atoms with E-state index in [1.54, 1.807) is 0 Å². The fraction of sp³-hybridized carbons (Fsp3) is 0.733. The number of rotatable bonds is 2. The summed E-state index contributed by atoms with van der Waals surface area (Å²) in [5.41, 5.74) is 1.09. The van der Waals surface area contributed by atoms with Crippen LogP contribution in [-0.2, 0) is 9.53 Å². The third-order valence-corrected chi connectivity index (χ3v) is 4.41. The second-order valence-electron chi connectivity index (χ2n) is 5.96. The summed E-state index contributed by atoms with van der Waals surface area (Å²) in [5.74, 6) is 1.88. The zero-order chi connectivity index (χ0) is 13.9. The summed E-state index contributed by atoms with van der Waals surface area (Å²) in [6.07, 6.45) is 5.80. The number of carbonyl (C=O) groups excluding carboxylic acids is 1. The van der Waals surface area contributed by atoms with E-state index in [9.17, 15) is 4.79 Å². The lowest BCUT2D eigenvalue weighted by Crippen LogP contribution is -2.43. The quantitative estimate of drug-likeness (QED) is 0.897. The number of piperidine rings is 1. The number of ether oxygens (including phenoxy) is 1. The van der Waals surface area contributed by atoms with E-state index in [0.717, 1.165) is 63.5 Å². The number of H-pyrrole nitrogens is 1.